The fraction of sp³-hybridized carbons (Fsp3) is 0.684. The van der Waals surface area contributed by atoms with Crippen LogP contribution in [-0.4, -0.2) is 46.6 Å². The fourth-order valence-electron chi connectivity index (χ4n) is 3.29. The van der Waals surface area contributed by atoms with Gasteiger partial charge in [-0.05, 0) is 50.2 Å². The number of nitrogens with one attached hydrogen (secondary N) is 1. The van der Waals surface area contributed by atoms with Gasteiger partial charge in [0.25, 0.3) is 0 Å². The molecule has 0 aromatic carbocycles. The summed E-state index contributed by atoms with van der Waals surface area (Å²) < 4.78 is 0. The molecule has 1 aliphatic heterocycles. The molecule has 0 aliphatic carbocycles. The van der Waals surface area contributed by atoms with Crippen molar-refractivity contribution in [3.63, 3.8) is 0 Å². The predicted octanol–water partition coefficient (Wildman–Crippen LogP) is 2.38. The van der Waals surface area contributed by atoms with Crippen molar-refractivity contribution < 1.29 is 9.90 Å². The van der Waals surface area contributed by atoms with Gasteiger partial charge in [0.05, 0.1) is 11.7 Å². The van der Waals surface area contributed by atoms with Gasteiger partial charge in [0.2, 0.25) is 5.91 Å². The fourth-order valence-corrected chi connectivity index (χ4v) is 3.29. The van der Waals surface area contributed by atoms with Crippen LogP contribution in [0.1, 0.15) is 51.8 Å². The highest BCUT2D eigenvalue weighted by Crippen LogP contribution is 2.20. The van der Waals surface area contributed by atoms with Gasteiger partial charge in [0.15, 0.2) is 0 Å². The van der Waals surface area contributed by atoms with Crippen LogP contribution in [0, 0.1) is 11.8 Å². The van der Waals surface area contributed by atoms with Gasteiger partial charge in [-0.25, -0.2) is 0 Å². The number of aliphatic hydroxyl groups excluding tert-OH is 1. The van der Waals surface area contributed by atoms with Gasteiger partial charge in [0.1, 0.15) is 0 Å². The van der Waals surface area contributed by atoms with E-state index >= 15 is 0 Å². The van der Waals surface area contributed by atoms with E-state index in [1.165, 1.54) is 0 Å². The Morgan fingerprint density at radius 3 is 2.58 bits per heavy atom. The van der Waals surface area contributed by atoms with Gasteiger partial charge in [-0.15, -0.1) is 0 Å². The lowest BCUT2D eigenvalue weighted by molar-refractivity contribution is -0.135. The minimum atomic E-state index is -0.187. The van der Waals surface area contributed by atoms with Crippen LogP contribution in [0.2, 0.25) is 0 Å². The minimum Gasteiger partial charge on any atom is -0.396 e. The van der Waals surface area contributed by atoms with E-state index in [0.29, 0.717) is 11.8 Å². The molecule has 2 unspecified atom stereocenters. The van der Waals surface area contributed by atoms with E-state index in [0.717, 1.165) is 38.0 Å². The topological polar surface area (TPSA) is 65.5 Å². The first-order valence-electron chi connectivity index (χ1n) is 9.07. The first-order valence-corrected chi connectivity index (χ1v) is 9.07. The zero-order valence-corrected chi connectivity index (χ0v) is 15.1. The maximum absolute atomic E-state index is 13.0. The largest absolute Gasteiger partial charge is 0.396 e. The summed E-state index contributed by atoms with van der Waals surface area (Å²) in [6.07, 6.45) is 4.39. The number of aliphatic hydroxyl groups is 1. The second-order valence-corrected chi connectivity index (χ2v) is 7.28. The third kappa shape index (κ3) is 5.28. The zero-order chi connectivity index (χ0) is 17.5. The number of hydrogen-bond acceptors (Lipinski definition) is 4. The number of likely N-dealkylation sites (tertiary alicyclic amines) is 1. The molecule has 1 amide bonds. The summed E-state index contributed by atoms with van der Waals surface area (Å²) in [5, 5.41) is 12.8. The Balaban J connectivity index is 2.00. The van der Waals surface area contributed by atoms with Crippen LogP contribution in [0.15, 0.2) is 24.4 Å². The summed E-state index contributed by atoms with van der Waals surface area (Å²) in [6.45, 7) is 8.07. The summed E-state index contributed by atoms with van der Waals surface area (Å²) in [7, 11) is 0. The molecule has 0 spiro atoms. The van der Waals surface area contributed by atoms with Crippen LogP contribution in [0.4, 0.5) is 0 Å². The van der Waals surface area contributed by atoms with Crippen LogP contribution in [0.3, 0.4) is 0 Å². The number of carbonyl (C=O) groups excluding carboxylic acids is 1. The molecule has 1 aromatic rings. The smallest absolute Gasteiger partial charge is 0.239 e. The van der Waals surface area contributed by atoms with Crippen LogP contribution < -0.4 is 5.32 Å². The normalized spacial score (nSPS) is 18.6. The van der Waals surface area contributed by atoms with E-state index < -0.39 is 0 Å². The summed E-state index contributed by atoms with van der Waals surface area (Å²) >= 11 is 0. The number of aromatic nitrogens is 1. The Morgan fingerprint density at radius 1 is 1.33 bits per heavy atom. The number of rotatable bonds is 7. The van der Waals surface area contributed by atoms with Gasteiger partial charge >= 0.3 is 0 Å². The van der Waals surface area contributed by atoms with Crippen molar-refractivity contribution in [2.24, 2.45) is 11.8 Å². The number of piperidine rings is 1. The first kappa shape index (κ1) is 18.9. The van der Waals surface area contributed by atoms with Gasteiger partial charge in [-0.2, -0.15) is 0 Å². The van der Waals surface area contributed by atoms with Crippen molar-refractivity contribution in [2.45, 2.75) is 52.1 Å². The minimum absolute atomic E-state index is 0.0360. The molecule has 2 N–H and O–H groups in total. The Labute approximate surface area is 145 Å². The summed E-state index contributed by atoms with van der Waals surface area (Å²) in [5.74, 6) is 0.971. The summed E-state index contributed by atoms with van der Waals surface area (Å²) in [4.78, 5) is 19.3. The Kier molecular flexibility index (Phi) is 7.18. The Morgan fingerprint density at radius 2 is 2.04 bits per heavy atom. The third-order valence-corrected chi connectivity index (χ3v) is 4.77. The van der Waals surface area contributed by atoms with E-state index in [1.807, 2.05) is 23.1 Å². The maximum Gasteiger partial charge on any atom is 0.239 e. The summed E-state index contributed by atoms with van der Waals surface area (Å²) in [6, 6.07) is 5.71. The molecule has 0 saturated carbocycles. The van der Waals surface area contributed by atoms with Crippen molar-refractivity contribution in [2.75, 3.05) is 19.7 Å². The number of pyridine rings is 1. The zero-order valence-electron chi connectivity index (χ0n) is 15.1. The SMILES string of the molecule is CC(C)CC(NC(C)c1ccccn1)C(=O)N1CCC(CO)CC1. The molecule has 2 heterocycles. The van der Waals surface area contributed by atoms with Crippen molar-refractivity contribution in [1.82, 2.24) is 15.2 Å². The van der Waals surface area contributed by atoms with Crippen LogP contribution in [0.25, 0.3) is 0 Å². The van der Waals surface area contributed by atoms with E-state index in [2.05, 4.69) is 31.1 Å². The molecule has 1 fully saturated rings. The molecule has 5 nitrogen and oxygen atoms in total. The lowest BCUT2D eigenvalue weighted by Gasteiger charge is -2.35. The molecule has 5 heteroatoms. The first-order chi connectivity index (χ1) is 11.5. The number of hydrogen-bond donors (Lipinski definition) is 2. The average molecular weight is 333 g/mol. The molecule has 2 rings (SSSR count). The predicted molar refractivity (Wildman–Crippen MR) is 95.4 cm³/mol. The second-order valence-electron chi connectivity index (χ2n) is 7.28. The number of amides is 1. The maximum atomic E-state index is 13.0. The second kappa shape index (κ2) is 9.14. The molecule has 1 saturated heterocycles. The van der Waals surface area contributed by atoms with Crippen molar-refractivity contribution in [3.05, 3.63) is 30.1 Å². The van der Waals surface area contributed by atoms with Crippen LogP contribution in [0.5, 0.6) is 0 Å². The van der Waals surface area contributed by atoms with E-state index in [9.17, 15) is 9.90 Å². The van der Waals surface area contributed by atoms with E-state index in [1.54, 1.807) is 6.20 Å². The molecule has 1 aliphatic rings. The van der Waals surface area contributed by atoms with Crippen LogP contribution >= 0.6 is 0 Å². The lowest BCUT2D eigenvalue weighted by atomic mass is 9.95. The van der Waals surface area contributed by atoms with Crippen LogP contribution in [-0.2, 0) is 4.79 Å². The highest BCUT2D eigenvalue weighted by molar-refractivity contribution is 5.82. The summed E-state index contributed by atoms with van der Waals surface area (Å²) in [5.41, 5.74) is 0.957. The standard InChI is InChI=1S/C19H31N3O2/c1-14(2)12-18(21-15(3)17-6-4-5-9-20-17)19(24)22-10-7-16(13-23)8-11-22/h4-6,9,14-16,18,21,23H,7-8,10-13H2,1-3H3. The molecule has 1 aromatic heterocycles. The highest BCUT2D eigenvalue weighted by Gasteiger charge is 2.29. The monoisotopic (exact) mass is 333 g/mol. The van der Waals surface area contributed by atoms with Crippen molar-refractivity contribution >= 4 is 5.91 Å². The number of carbonyl (C=O) groups is 1. The number of nitrogens with zero attached hydrogens (tertiary/aromatic N) is 2. The molecular formula is C19H31N3O2. The molecule has 24 heavy (non-hydrogen) atoms. The Bertz CT molecular complexity index is 499. The van der Waals surface area contributed by atoms with Gasteiger partial charge in [-0.3, -0.25) is 15.1 Å². The lowest BCUT2D eigenvalue weighted by Crippen LogP contribution is -2.50. The highest BCUT2D eigenvalue weighted by atomic mass is 16.3. The average Bonchev–Trinajstić information content (AvgIpc) is 2.61. The molecule has 2 atom stereocenters. The van der Waals surface area contributed by atoms with Gasteiger partial charge in [0, 0.05) is 31.9 Å². The molecule has 0 radical (unpaired) electrons. The quantitative estimate of drug-likeness (QED) is 0.804. The van der Waals surface area contributed by atoms with Gasteiger partial charge in [-0.1, -0.05) is 19.9 Å². The molecular weight excluding hydrogens is 302 g/mol. The van der Waals surface area contributed by atoms with E-state index in [-0.39, 0.29) is 24.6 Å². The van der Waals surface area contributed by atoms with Crippen molar-refractivity contribution in [3.8, 4) is 0 Å². The molecule has 0 bridgehead atoms. The molecule has 134 valence electrons. The third-order valence-electron chi connectivity index (χ3n) is 4.77. The van der Waals surface area contributed by atoms with E-state index in [4.69, 9.17) is 0 Å². The van der Waals surface area contributed by atoms with Crippen molar-refractivity contribution in [1.29, 1.82) is 0 Å². The van der Waals surface area contributed by atoms with Gasteiger partial charge < -0.3 is 10.0 Å². The Hall–Kier alpha value is -1.46.